The Kier molecular flexibility index (Phi) is 19.8. The summed E-state index contributed by atoms with van der Waals surface area (Å²) >= 11 is 0. The maximum atomic E-state index is 10.3. The molecule has 0 bridgehead atoms. The zero-order valence-corrected chi connectivity index (χ0v) is 44.0. The van der Waals surface area contributed by atoms with Gasteiger partial charge in [0.15, 0.2) is 11.4 Å². The highest BCUT2D eigenvalue weighted by molar-refractivity contribution is 5.99. The second-order valence-corrected chi connectivity index (χ2v) is 22.0. The molecule has 10 rings (SSSR count). The molecule has 5 aliphatic rings. The normalized spacial score (nSPS) is 20.9. The number of aromatic carboxylic acids is 1. The summed E-state index contributed by atoms with van der Waals surface area (Å²) in [5.74, 6) is 1.21. The lowest BCUT2D eigenvalue weighted by Gasteiger charge is -2.24. The number of carbonyl (C=O) groups is 1. The van der Waals surface area contributed by atoms with Crippen molar-refractivity contribution in [1.29, 1.82) is 0 Å². The molecule has 0 spiro atoms. The van der Waals surface area contributed by atoms with Gasteiger partial charge in [0.25, 0.3) is 0 Å². The third kappa shape index (κ3) is 15.4. The van der Waals surface area contributed by atoms with Gasteiger partial charge in [-0.25, -0.2) is 29.5 Å². The molecule has 2 aliphatic carbocycles. The summed E-state index contributed by atoms with van der Waals surface area (Å²) in [4.78, 5) is 31.0. The highest BCUT2D eigenvalue weighted by atomic mass is 16.5. The van der Waals surface area contributed by atoms with E-state index in [1.54, 1.807) is 12.1 Å². The number of hydrogen-bond acceptors (Lipinski definition) is 11. The van der Waals surface area contributed by atoms with E-state index in [9.17, 15) is 9.90 Å². The van der Waals surface area contributed by atoms with Gasteiger partial charge in [-0.3, -0.25) is 0 Å². The molecule has 5 aromatic rings. The van der Waals surface area contributed by atoms with Crippen molar-refractivity contribution in [2.45, 2.75) is 125 Å². The summed E-state index contributed by atoms with van der Waals surface area (Å²) in [7, 11) is 0. The smallest absolute Gasteiger partial charge is 0.335 e. The van der Waals surface area contributed by atoms with Crippen LogP contribution in [-0.4, -0.2) is 89.1 Å². The summed E-state index contributed by atoms with van der Waals surface area (Å²) in [6.45, 7) is 34.0. The SMILES string of the molecule is C.CC(C)(C)[C@@H]1COC(c2ccc(C3=NC4c5ccccc5C[C@H]4O3)cc2)=N1.CC(C)(C)[C@H](N)CO.N[C@H]1c2ccccc2C[C@H]1O.[C-]#[N+]c1ccc(C(=O)O)cc1.[C-]#[N+]c1ccc(C2=N[C@H](C(C)(C)C)CO2)cc1. The number of rotatable bonds is 5. The van der Waals surface area contributed by atoms with E-state index in [0.29, 0.717) is 36.9 Å². The lowest BCUT2D eigenvalue weighted by molar-refractivity contribution is 0.0696. The lowest BCUT2D eigenvalue weighted by Crippen LogP contribution is -2.37. The van der Waals surface area contributed by atoms with Crippen LogP contribution in [0.4, 0.5) is 11.4 Å². The van der Waals surface area contributed by atoms with Crippen LogP contribution in [0.5, 0.6) is 0 Å². The Morgan fingerprint density at radius 3 is 1.48 bits per heavy atom. The van der Waals surface area contributed by atoms with E-state index in [4.69, 9.17) is 59.0 Å². The summed E-state index contributed by atoms with van der Waals surface area (Å²) in [6, 6.07) is 38.1. The van der Waals surface area contributed by atoms with Crippen molar-refractivity contribution >= 4 is 35.0 Å². The maximum Gasteiger partial charge on any atom is 0.335 e. The van der Waals surface area contributed by atoms with Crippen LogP contribution in [0.1, 0.15) is 131 Å². The van der Waals surface area contributed by atoms with Gasteiger partial charge in [-0.1, -0.05) is 167 Å². The predicted octanol–water partition coefficient (Wildman–Crippen LogP) is 11.3. The number of aliphatic hydroxyl groups is 2. The van der Waals surface area contributed by atoms with Crippen LogP contribution in [-0.2, 0) is 27.1 Å². The average molecular weight is 1020 g/mol. The Morgan fingerprint density at radius 1 is 0.653 bits per heavy atom. The number of nitrogens with two attached hydrogens (primary N) is 2. The predicted molar refractivity (Wildman–Crippen MR) is 299 cm³/mol. The molecule has 14 nitrogen and oxygen atoms in total. The average Bonchev–Trinajstić information content (AvgIpc) is 4.24. The van der Waals surface area contributed by atoms with Gasteiger partial charge >= 0.3 is 5.97 Å². The van der Waals surface area contributed by atoms with E-state index in [1.807, 2.05) is 69.3 Å². The third-order valence-corrected chi connectivity index (χ3v) is 13.4. The van der Waals surface area contributed by atoms with Crippen LogP contribution >= 0.6 is 0 Å². The monoisotopic (exact) mass is 1020 g/mol. The molecule has 0 fully saturated rings. The first kappa shape index (κ1) is 58.7. The Bertz CT molecular complexity index is 2880. The Labute approximate surface area is 443 Å². The van der Waals surface area contributed by atoms with Crippen LogP contribution in [0.3, 0.4) is 0 Å². The van der Waals surface area contributed by atoms with Crippen molar-refractivity contribution in [3.05, 3.63) is 189 Å². The minimum atomic E-state index is -0.971. The fourth-order valence-electron chi connectivity index (χ4n) is 8.18. The highest BCUT2D eigenvalue weighted by Crippen LogP contribution is 2.41. The van der Waals surface area contributed by atoms with E-state index in [2.05, 4.69) is 92.6 Å². The zero-order chi connectivity index (χ0) is 54.0. The number of benzene rings is 5. The van der Waals surface area contributed by atoms with Crippen LogP contribution in [0.25, 0.3) is 9.69 Å². The third-order valence-electron chi connectivity index (χ3n) is 13.4. The minimum Gasteiger partial charge on any atom is -0.478 e. The minimum absolute atomic E-state index is 0. The van der Waals surface area contributed by atoms with Crippen molar-refractivity contribution in [3.8, 4) is 0 Å². The summed E-state index contributed by atoms with van der Waals surface area (Å²) < 4.78 is 17.6. The van der Waals surface area contributed by atoms with Crippen LogP contribution in [0, 0.1) is 29.4 Å². The standard InChI is InChI=1S/C23H24N2O2.C14H16N2O.C9H11NO.C8H5NO2.C6H15NO.CH4/c1-23(2,3)19-13-26-21(24-19)14-8-10-15(11-9-14)22-25-20-17-7-5-4-6-16(17)12-18(20)27-22;1-14(2,3)12-9-17-13(16-12)10-5-7-11(15-4)8-6-10;10-9-7-4-2-1-3-6(7)5-8(9)11;1-9-7-4-2-6(3-5-7)8(10)11;1-6(2,3)5(7)4-8;/h4-11,18-20H,12-13H2,1-3H3;5-8,12H,9H2,1-3H3;1-4,8-9,11H,5,10H2;2-5H,(H,10,11);5,8H,4,7H2,1-3H3;1H4/t18-,19+,20?;12-;8-,9+;;5-;/m101.1./s1. The van der Waals surface area contributed by atoms with Crippen molar-refractivity contribution in [3.63, 3.8) is 0 Å². The molecule has 0 radical (unpaired) electrons. The fourth-order valence-corrected chi connectivity index (χ4v) is 8.18. The topological polar surface area (TPSA) is 203 Å². The number of ether oxygens (including phenoxy) is 3. The zero-order valence-electron chi connectivity index (χ0n) is 44.0. The molecule has 0 amide bonds. The number of aliphatic hydroxyl groups excluding tert-OH is 2. The van der Waals surface area contributed by atoms with Crippen LogP contribution in [0.2, 0.25) is 0 Å². The molecule has 0 saturated carbocycles. The Morgan fingerprint density at radius 2 is 1.08 bits per heavy atom. The molecule has 396 valence electrons. The largest absolute Gasteiger partial charge is 0.478 e. The first-order valence-corrected chi connectivity index (χ1v) is 24.9. The summed E-state index contributed by atoms with van der Waals surface area (Å²) in [6.07, 6.45) is 1.39. The number of nitrogens with zero attached hydrogens (tertiary/aromatic N) is 5. The van der Waals surface area contributed by atoms with Gasteiger partial charge in [0.2, 0.25) is 17.7 Å². The van der Waals surface area contributed by atoms with Gasteiger partial charge < -0.3 is 41.0 Å². The molecule has 5 aromatic carbocycles. The molecule has 0 saturated heterocycles. The van der Waals surface area contributed by atoms with E-state index in [-0.39, 0.29) is 78.3 Å². The molecule has 7 N–H and O–H groups in total. The quantitative estimate of drug-likeness (QED) is 0.106. The molecule has 3 aliphatic heterocycles. The van der Waals surface area contributed by atoms with E-state index < -0.39 is 5.97 Å². The van der Waals surface area contributed by atoms with E-state index in [0.717, 1.165) is 40.5 Å². The van der Waals surface area contributed by atoms with E-state index in [1.165, 1.54) is 41.0 Å². The number of aliphatic imine (C=N–C) groups is 3. The molecule has 14 heteroatoms. The molecule has 1 unspecified atom stereocenters. The molecule has 3 heterocycles. The van der Waals surface area contributed by atoms with Gasteiger partial charge in [-0.05, 0) is 62.8 Å². The van der Waals surface area contributed by atoms with Gasteiger partial charge in [-0.15, -0.1) is 0 Å². The molecular weight excluding hydrogens is 943 g/mol. The first-order chi connectivity index (χ1) is 35.0. The van der Waals surface area contributed by atoms with Crippen LogP contribution in [0.15, 0.2) is 136 Å². The molecule has 75 heavy (non-hydrogen) atoms. The molecular formula is C61H75N7O7. The van der Waals surface area contributed by atoms with Crippen molar-refractivity contribution in [2.24, 2.45) is 42.7 Å². The number of fused-ring (bicyclic) bond motifs is 4. The van der Waals surface area contributed by atoms with Crippen molar-refractivity contribution in [1.82, 2.24) is 0 Å². The maximum absolute atomic E-state index is 10.3. The number of hydrogen-bond donors (Lipinski definition) is 5. The fraction of sp³-hybridized carbons (Fsp3) is 0.410. The van der Waals surface area contributed by atoms with Crippen molar-refractivity contribution < 1.29 is 34.3 Å². The van der Waals surface area contributed by atoms with Crippen LogP contribution < -0.4 is 11.5 Å². The van der Waals surface area contributed by atoms with Gasteiger partial charge in [0.05, 0.1) is 49.5 Å². The summed E-state index contributed by atoms with van der Waals surface area (Å²) in [5.41, 5.74) is 20.7. The van der Waals surface area contributed by atoms with Gasteiger partial charge in [0, 0.05) is 35.6 Å². The Balaban J connectivity index is 0.000000187. The summed E-state index contributed by atoms with van der Waals surface area (Å²) in [5, 5.41) is 26.4. The number of carboxylic acids is 1. The van der Waals surface area contributed by atoms with Gasteiger partial charge in [-0.2, -0.15) is 0 Å². The first-order valence-electron chi connectivity index (χ1n) is 24.9. The van der Waals surface area contributed by atoms with Crippen molar-refractivity contribution in [2.75, 3.05) is 19.8 Å². The van der Waals surface area contributed by atoms with E-state index >= 15 is 0 Å². The highest BCUT2D eigenvalue weighted by Gasteiger charge is 2.39. The lowest BCUT2D eigenvalue weighted by atomic mass is 9.88. The second kappa shape index (κ2) is 25.4. The Hall–Kier alpha value is -7.20. The second-order valence-electron chi connectivity index (χ2n) is 22.0. The molecule has 7 atom stereocenters. The number of carboxylic acid groups (broad SMARTS) is 1. The van der Waals surface area contributed by atoms with Gasteiger partial charge in [0.1, 0.15) is 25.4 Å². The molecule has 0 aromatic heterocycles.